The lowest BCUT2D eigenvalue weighted by Crippen LogP contribution is -2.33. The number of ether oxygens (including phenoxy) is 2. The molecule has 0 N–H and O–H groups in total. The van der Waals surface area contributed by atoms with Gasteiger partial charge in [0, 0.05) is 12.2 Å². The third-order valence-corrected chi connectivity index (χ3v) is 2.80. The summed E-state index contributed by atoms with van der Waals surface area (Å²) in [6.07, 6.45) is -3.00. The molecule has 0 aliphatic rings. The first-order valence-corrected chi connectivity index (χ1v) is 6.55. The monoisotopic (exact) mass is 374 g/mol. The SMILES string of the molecule is O=C(/C=C/C(=O)Oc1c(Cl)cccc1Cl)OCC(F)(F)C(F)F. The van der Waals surface area contributed by atoms with Crippen molar-refractivity contribution in [2.24, 2.45) is 0 Å². The van der Waals surface area contributed by atoms with E-state index in [0.717, 1.165) is 0 Å². The summed E-state index contributed by atoms with van der Waals surface area (Å²) >= 11 is 11.5. The molecule has 0 amide bonds. The van der Waals surface area contributed by atoms with Crippen LogP contribution in [0, 0.1) is 0 Å². The minimum absolute atomic E-state index is 0.0263. The van der Waals surface area contributed by atoms with Crippen molar-refractivity contribution in [3.63, 3.8) is 0 Å². The molecule has 0 fully saturated rings. The maximum Gasteiger partial charge on any atom is 0.340 e. The zero-order valence-corrected chi connectivity index (χ0v) is 12.6. The van der Waals surface area contributed by atoms with Crippen LogP contribution in [-0.4, -0.2) is 30.9 Å². The number of esters is 2. The Morgan fingerprint density at radius 3 is 2.17 bits per heavy atom. The van der Waals surface area contributed by atoms with E-state index in [-0.39, 0.29) is 15.8 Å². The van der Waals surface area contributed by atoms with Gasteiger partial charge in [-0.2, -0.15) is 8.78 Å². The number of para-hydroxylation sites is 1. The first-order valence-electron chi connectivity index (χ1n) is 5.80. The Labute approximate surface area is 137 Å². The number of benzene rings is 1. The fraction of sp³-hybridized carbons (Fsp3) is 0.231. The molecule has 0 bridgehead atoms. The molecule has 0 saturated heterocycles. The largest absolute Gasteiger partial charge is 0.456 e. The highest BCUT2D eigenvalue weighted by Crippen LogP contribution is 2.32. The van der Waals surface area contributed by atoms with Gasteiger partial charge in [-0.1, -0.05) is 29.3 Å². The molecule has 0 atom stereocenters. The third kappa shape index (κ3) is 6.07. The van der Waals surface area contributed by atoms with Crippen molar-refractivity contribution in [1.82, 2.24) is 0 Å². The zero-order valence-electron chi connectivity index (χ0n) is 11.1. The number of alkyl halides is 4. The molecule has 0 aliphatic carbocycles. The van der Waals surface area contributed by atoms with E-state index >= 15 is 0 Å². The minimum atomic E-state index is -4.48. The summed E-state index contributed by atoms with van der Waals surface area (Å²) in [5.41, 5.74) is 0. The van der Waals surface area contributed by atoms with Crippen molar-refractivity contribution in [3.05, 3.63) is 40.4 Å². The maximum atomic E-state index is 12.5. The van der Waals surface area contributed by atoms with Crippen LogP contribution < -0.4 is 4.74 Å². The van der Waals surface area contributed by atoms with Gasteiger partial charge in [0.25, 0.3) is 0 Å². The van der Waals surface area contributed by atoms with Crippen LogP contribution in [0.1, 0.15) is 0 Å². The van der Waals surface area contributed by atoms with Gasteiger partial charge in [-0.15, -0.1) is 0 Å². The smallest absolute Gasteiger partial charge is 0.340 e. The summed E-state index contributed by atoms with van der Waals surface area (Å²) in [6, 6.07) is 4.28. The van der Waals surface area contributed by atoms with Crippen molar-refractivity contribution < 1.29 is 36.6 Å². The number of carbonyl (C=O) groups is 2. The van der Waals surface area contributed by atoms with Gasteiger partial charge in [0.2, 0.25) is 0 Å². The summed E-state index contributed by atoms with van der Waals surface area (Å²) in [6.45, 7) is -1.82. The van der Waals surface area contributed by atoms with Crippen LogP contribution in [-0.2, 0) is 14.3 Å². The van der Waals surface area contributed by atoms with Crippen LogP contribution in [0.25, 0.3) is 0 Å². The van der Waals surface area contributed by atoms with Gasteiger partial charge in [-0.25, -0.2) is 18.4 Å². The van der Waals surface area contributed by atoms with Crippen LogP contribution in [0.3, 0.4) is 0 Å². The second kappa shape index (κ2) is 8.16. The van der Waals surface area contributed by atoms with Gasteiger partial charge >= 0.3 is 24.3 Å². The van der Waals surface area contributed by atoms with E-state index in [4.69, 9.17) is 27.9 Å². The number of hydrogen-bond donors (Lipinski definition) is 0. The molecule has 23 heavy (non-hydrogen) atoms. The second-order valence-corrected chi connectivity index (χ2v) is 4.79. The summed E-state index contributed by atoms with van der Waals surface area (Å²) in [5, 5.41) is 0.0526. The van der Waals surface area contributed by atoms with Crippen molar-refractivity contribution in [2.45, 2.75) is 12.3 Å². The van der Waals surface area contributed by atoms with Gasteiger partial charge in [-0.05, 0) is 12.1 Å². The van der Waals surface area contributed by atoms with Crippen LogP contribution >= 0.6 is 23.2 Å². The van der Waals surface area contributed by atoms with E-state index in [1.54, 1.807) is 0 Å². The molecule has 0 aliphatic heterocycles. The van der Waals surface area contributed by atoms with E-state index < -0.39 is 30.9 Å². The highest BCUT2D eigenvalue weighted by Gasteiger charge is 2.42. The molecular weight excluding hydrogens is 367 g/mol. The molecule has 0 aromatic heterocycles. The first kappa shape index (κ1) is 19.2. The van der Waals surface area contributed by atoms with Crippen LogP contribution in [0.15, 0.2) is 30.4 Å². The Bertz CT molecular complexity index is 600. The Morgan fingerprint density at radius 2 is 1.65 bits per heavy atom. The van der Waals surface area contributed by atoms with E-state index in [1.165, 1.54) is 18.2 Å². The van der Waals surface area contributed by atoms with Crippen LogP contribution in [0.4, 0.5) is 17.6 Å². The van der Waals surface area contributed by atoms with Crippen LogP contribution in [0.2, 0.25) is 10.0 Å². The standard InChI is InChI=1S/C13H8Cl2F4O4/c14-7-2-1-3-8(15)11(7)23-10(21)5-4-9(20)22-6-13(18,19)12(16)17/h1-5,12H,6H2/b5-4+. The summed E-state index contributed by atoms with van der Waals surface area (Å²) in [4.78, 5) is 22.5. The fourth-order valence-corrected chi connectivity index (χ4v) is 1.60. The quantitative estimate of drug-likeness (QED) is 0.328. The molecule has 0 spiro atoms. The van der Waals surface area contributed by atoms with Gasteiger partial charge in [-0.3, -0.25) is 0 Å². The molecule has 126 valence electrons. The van der Waals surface area contributed by atoms with Gasteiger partial charge in [0.1, 0.15) is 0 Å². The molecule has 1 aromatic rings. The van der Waals surface area contributed by atoms with Crippen molar-refractivity contribution in [2.75, 3.05) is 6.61 Å². The number of rotatable bonds is 6. The van der Waals surface area contributed by atoms with E-state index in [0.29, 0.717) is 12.2 Å². The normalized spacial score (nSPS) is 11.8. The van der Waals surface area contributed by atoms with Gasteiger partial charge < -0.3 is 9.47 Å². The molecule has 0 saturated carbocycles. The van der Waals surface area contributed by atoms with Crippen molar-refractivity contribution in [3.8, 4) is 5.75 Å². The summed E-state index contributed by atoms with van der Waals surface area (Å²) in [7, 11) is 0. The van der Waals surface area contributed by atoms with E-state index in [1.807, 2.05) is 0 Å². The highest BCUT2D eigenvalue weighted by molar-refractivity contribution is 6.37. The summed E-state index contributed by atoms with van der Waals surface area (Å²) in [5.74, 6) is -7.16. The molecular formula is C13H8Cl2F4O4. The van der Waals surface area contributed by atoms with E-state index in [9.17, 15) is 27.2 Å². The summed E-state index contributed by atoms with van der Waals surface area (Å²) < 4.78 is 57.3. The molecule has 0 radical (unpaired) electrons. The van der Waals surface area contributed by atoms with Crippen molar-refractivity contribution in [1.29, 1.82) is 0 Å². The zero-order chi connectivity index (χ0) is 17.6. The predicted octanol–water partition coefficient (Wildman–Crippen LogP) is 3.90. The van der Waals surface area contributed by atoms with Gasteiger partial charge in [0.15, 0.2) is 12.4 Å². The molecule has 1 rings (SSSR count). The van der Waals surface area contributed by atoms with E-state index in [2.05, 4.69) is 4.74 Å². The number of carbonyl (C=O) groups excluding carboxylic acids is 2. The molecule has 0 unspecified atom stereocenters. The highest BCUT2D eigenvalue weighted by atomic mass is 35.5. The Kier molecular flexibility index (Phi) is 6.83. The molecule has 4 nitrogen and oxygen atoms in total. The second-order valence-electron chi connectivity index (χ2n) is 3.97. The minimum Gasteiger partial charge on any atom is -0.456 e. The van der Waals surface area contributed by atoms with Crippen molar-refractivity contribution >= 4 is 35.1 Å². The third-order valence-electron chi connectivity index (χ3n) is 2.20. The lowest BCUT2D eigenvalue weighted by Gasteiger charge is -2.13. The molecule has 0 heterocycles. The lowest BCUT2D eigenvalue weighted by molar-refractivity contribution is -0.176. The first-order chi connectivity index (χ1) is 10.6. The Hall–Kier alpha value is -1.80. The average Bonchev–Trinajstić information content (AvgIpc) is 2.47. The number of halogens is 6. The maximum absolute atomic E-state index is 12.5. The average molecular weight is 375 g/mol. The molecule has 10 heteroatoms. The Morgan fingerprint density at radius 1 is 1.13 bits per heavy atom. The molecule has 1 aromatic carbocycles. The number of hydrogen-bond acceptors (Lipinski definition) is 4. The Balaban J connectivity index is 2.57. The lowest BCUT2D eigenvalue weighted by atomic mass is 10.3. The van der Waals surface area contributed by atoms with Crippen LogP contribution in [0.5, 0.6) is 5.75 Å². The predicted molar refractivity (Wildman–Crippen MR) is 73.1 cm³/mol. The topological polar surface area (TPSA) is 52.6 Å². The van der Waals surface area contributed by atoms with Gasteiger partial charge in [0.05, 0.1) is 10.0 Å². The fourth-order valence-electron chi connectivity index (χ4n) is 1.13.